The zero-order valence-electron chi connectivity index (χ0n) is 9.63. The van der Waals surface area contributed by atoms with E-state index in [0.29, 0.717) is 11.3 Å². The van der Waals surface area contributed by atoms with Crippen LogP contribution in [0.3, 0.4) is 0 Å². The Balaban J connectivity index is 2.64. The fourth-order valence-corrected chi connectivity index (χ4v) is 2.02. The van der Waals surface area contributed by atoms with Crippen LogP contribution in [-0.4, -0.2) is 30.3 Å². The van der Waals surface area contributed by atoms with Gasteiger partial charge in [-0.2, -0.15) is 0 Å². The average molecular weight is 218 g/mol. The number of fused-ring (bicyclic) bond motifs is 1. The number of carbonyl (C=O) groups is 2. The first-order valence-electron chi connectivity index (χ1n) is 5.15. The minimum atomic E-state index is -0.153. The highest BCUT2D eigenvalue weighted by Gasteiger charge is 2.25. The standard InChI is InChI=1S/C12H14N2O2/c1-7-4-8(2)11-9(5-7)13-10(15)6-14(3)12(11)16/h4-5H,6H2,1-3H3,(H,13,15). The van der Waals surface area contributed by atoms with Crippen LogP contribution in [0, 0.1) is 13.8 Å². The molecular formula is C12H14N2O2. The summed E-state index contributed by atoms with van der Waals surface area (Å²) in [4.78, 5) is 25.0. The van der Waals surface area contributed by atoms with Gasteiger partial charge in [0.05, 0.1) is 17.8 Å². The maximum atomic E-state index is 12.0. The normalized spacial score (nSPS) is 15.6. The van der Waals surface area contributed by atoms with Crippen molar-refractivity contribution in [2.24, 2.45) is 0 Å². The van der Waals surface area contributed by atoms with Crippen LogP contribution < -0.4 is 5.32 Å². The van der Waals surface area contributed by atoms with Crippen molar-refractivity contribution in [3.8, 4) is 0 Å². The van der Waals surface area contributed by atoms with Crippen molar-refractivity contribution in [2.75, 3.05) is 18.9 Å². The molecule has 0 unspecified atom stereocenters. The first-order valence-corrected chi connectivity index (χ1v) is 5.15. The summed E-state index contributed by atoms with van der Waals surface area (Å²) in [7, 11) is 1.64. The second kappa shape index (κ2) is 3.63. The molecule has 2 amide bonds. The predicted molar refractivity (Wildman–Crippen MR) is 61.5 cm³/mol. The summed E-state index contributed by atoms with van der Waals surface area (Å²) in [5, 5.41) is 2.76. The molecule has 4 heteroatoms. The molecule has 1 N–H and O–H groups in total. The van der Waals surface area contributed by atoms with Gasteiger partial charge in [0, 0.05) is 7.05 Å². The SMILES string of the molecule is Cc1cc(C)c2c(c1)NC(=O)CN(C)C2=O. The van der Waals surface area contributed by atoms with Gasteiger partial charge in [0.15, 0.2) is 0 Å². The molecule has 0 radical (unpaired) electrons. The molecule has 1 aromatic rings. The van der Waals surface area contributed by atoms with E-state index in [1.54, 1.807) is 7.05 Å². The van der Waals surface area contributed by atoms with Gasteiger partial charge in [-0.1, -0.05) is 6.07 Å². The van der Waals surface area contributed by atoms with Gasteiger partial charge in [-0.15, -0.1) is 0 Å². The number of nitrogens with zero attached hydrogens (tertiary/aromatic N) is 1. The monoisotopic (exact) mass is 218 g/mol. The number of benzene rings is 1. The Labute approximate surface area is 94.2 Å². The van der Waals surface area contributed by atoms with Crippen molar-refractivity contribution >= 4 is 17.5 Å². The molecule has 1 aliphatic rings. The summed E-state index contributed by atoms with van der Waals surface area (Å²) in [6.45, 7) is 3.93. The van der Waals surface area contributed by atoms with Gasteiger partial charge < -0.3 is 10.2 Å². The third-order valence-corrected chi connectivity index (χ3v) is 2.70. The Morgan fingerprint density at radius 1 is 1.25 bits per heavy atom. The van der Waals surface area contributed by atoms with E-state index in [4.69, 9.17) is 0 Å². The minimum Gasteiger partial charge on any atom is -0.332 e. The van der Waals surface area contributed by atoms with Crippen molar-refractivity contribution in [1.82, 2.24) is 4.90 Å². The zero-order chi connectivity index (χ0) is 11.9. The molecule has 16 heavy (non-hydrogen) atoms. The van der Waals surface area contributed by atoms with E-state index < -0.39 is 0 Å². The topological polar surface area (TPSA) is 49.4 Å². The molecule has 1 heterocycles. The number of likely N-dealkylation sites (N-methyl/N-ethyl adjacent to an activating group) is 1. The maximum absolute atomic E-state index is 12.0. The summed E-state index contributed by atoms with van der Waals surface area (Å²) >= 11 is 0. The lowest BCUT2D eigenvalue weighted by Gasteiger charge is -2.14. The number of aryl methyl sites for hydroxylation is 2. The quantitative estimate of drug-likeness (QED) is 0.714. The summed E-state index contributed by atoms with van der Waals surface area (Å²) in [5.41, 5.74) is 3.15. The van der Waals surface area contributed by atoms with E-state index in [9.17, 15) is 9.59 Å². The highest BCUT2D eigenvalue weighted by Crippen LogP contribution is 2.25. The van der Waals surface area contributed by atoms with E-state index in [1.165, 1.54) is 4.90 Å². The first-order chi connectivity index (χ1) is 7.49. The van der Waals surface area contributed by atoms with Crippen LogP contribution in [0.25, 0.3) is 0 Å². The van der Waals surface area contributed by atoms with Crippen LogP contribution in [0.4, 0.5) is 5.69 Å². The summed E-state index contributed by atoms with van der Waals surface area (Å²) < 4.78 is 0. The largest absolute Gasteiger partial charge is 0.332 e. The van der Waals surface area contributed by atoms with Gasteiger partial charge in [0.1, 0.15) is 0 Å². The van der Waals surface area contributed by atoms with Gasteiger partial charge >= 0.3 is 0 Å². The van der Waals surface area contributed by atoms with Crippen LogP contribution in [0.1, 0.15) is 21.5 Å². The number of hydrogen-bond acceptors (Lipinski definition) is 2. The van der Waals surface area contributed by atoms with Gasteiger partial charge in [-0.3, -0.25) is 9.59 Å². The lowest BCUT2D eigenvalue weighted by Crippen LogP contribution is -2.31. The number of anilines is 1. The lowest BCUT2D eigenvalue weighted by molar-refractivity contribution is -0.116. The minimum absolute atomic E-state index is 0.103. The Morgan fingerprint density at radius 2 is 1.94 bits per heavy atom. The van der Waals surface area contributed by atoms with Gasteiger partial charge in [-0.05, 0) is 31.0 Å². The summed E-state index contributed by atoms with van der Waals surface area (Å²) in [6, 6.07) is 3.78. The molecule has 0 saturated carbocycles. The maximum Gasteiger partial charge on any atom is 0.256 e. The van der Waals surface area contributed by atoms with Gasteiger partial charge in [-0.25, -0.2) is 0 Å². The second-order valence-electron chi connectivity index (χ2n) is 4.21. The van der Waals surface area contributed by atoms with Gasteiger partial charge in [0.25, 0.3) is 5.91 Å². The highest BCUT2D eigenvalue weighted by molar-refractivity contribution is 6.09. The van der Waals surface area contributed by atoms with Crippen molar-refractivity contribution in [1.29, 1.82) is 0 Å². The predicted octanol–water partition coefficient (Wildman–Crippen LogP) is 1.33. The number of hydrogen-bond donors (Lipinski definition) is 1. The van der Waals surface area contributed by atoms with Crippen molar-refractivity contribution in [3.05, 3.63) is 28.8 Å². The van der Waals surface area contributed by atoms with Crippen LogP contribution >= 0.6 is 0 Å². The smallest absolute Gasteiger partial charge is 0.256 e. The fraction of sp³-hybridized carbons (Fsp3) is 0.333. The van der Waals surface area contributed by atoms with Crippen LogP contribution in [0.15, 0.2) is 12.1 Å². The molecule has 0 aliphatic carbocycles. The number of nitrogens with one attached hydrogen (secondary N) is 1. The number of carbonyl (C=O) groups excluding carboxylic acids is 2. The van der Waals surface area contributed by atoms with Crippen molar-refractivity contribution < 1.29 is 9.59 Å². The van der Waals surface area contributed by atoms with Crippen LogP contribution in [-0.2, 0) is 4.79 Å². The second-order valence-corrected chi connectivity index (χ2v) is 4.21. The van der Waals surface area contributed by atoms with Crippen molar-refractivity contribution in [3.63, 3.8) is 0 Å². The third kappa shape index (κ3) is 1.66. The third-order valence-electron chi connectivity index (χ3n) is 2.70. The Hall–Kier alpha value is -1.84. The number of rotatable bonds is 0. The molecule has 1 aliphatic heterocycles. The molecule has 0 saturated heterocycles. The molecular weight excluding hydrogens is 204 g/mol. The average Bonchev–Trinajstić information content (AvgIpc) is 2.24. The molecule has 0 atom stereocenters. The lowest BCUT2D eigenvalue weighted by atomic mass is 10.0. The van der Waals surface area contributed by atoms with Gasteiger partial charge in [0.2, 0.25) is 5.91 Å². The molecule has 84 valence electrons. The first kappa shape index (κ1) is 10.7. The van der Waals surface area contributed by atoms with E-state index in [2.05, 4.69) is 5.32 Å². The van der Waals surface area contributed by atoms with Crippen LogP contribution in [0.5, 0.6) is 0 Å². The summed E-state index contributed by atoms with van der Waals surface area (Å²) in [6.07, 6.45) is 0. The van der Waals surface area contributed by atoms with Crippen molar-refractivity contribution in [2.45, 2.75) is 13.8 Å². The number of amides is 2. The zero-order valence-corrected chi connectivity index (χ0v) is 9.63. The molecule has 4 nitrogen and oxygen atoms in total. The summed E-state index contributed by atoms with van der Waals surface area (Å²) in [5.74, 6) is -0.259. The molecule has 2 rings (SSSR count). The van der Waals surface area contributed by atoms with Crippen LogP contribution in [0.2, 0.25) is 0 Å². The van der Waals surface area contributed by atoms with E-state index >= 15 is 0 Å². The Kier molecular flexibility index (Phi) is 2.42. The molecule has 0 fully saturated rings. The molecule has 0 spiro atoms. The van der Waals surface area contributed by atoms with E-state index in [0.717, 1.165) is 11.1 Å². The Morgan fingerprint density at radius 3 is 2.62 bits per heavy atom. The van der Waals surface area contributed by atoms with E-state index in [-0.39, 0.29) is 18.4 Å². The Bertz CT molecular complexity index is 480. The molecule has 0 aromatic heterocycles. The fourth-order valence-electron chi connectivity index (χ4n) is 2.02. The molecule has 1 aromatic carbocycles. The molecule has 0 bridgehead atoms. The van der Waals surface area contributed by atoms with E-state index in [1.807, 2.05) is 26.0 Å². The highest BCUT2D eigenvalue weighted by atomic mass is 16.2.